The Kier molecular flexibility index (Phi) is 5.71. The lowest BCUT2D eigenvalue weighted by molar-refractivity contribution is -0.140. The third-order valence-corrected chi connectivity index (χ3v) is 2.02. The van der Waals surface area contributed by atoms with Crippen molar-refractivity contribution in [2.45, 2.75) is 40.2 Å². The fourth-order valence-electron chi connectivity index (χ4n) is 1.14. The van der Waals surface area contributed by atoms with Crippen molar-refractivity contribution in [3.63, 3.8) is 0 Å². The van der Waals surface area contributed by atoms with Gasteiger partial charge in [0.15, 0.2) is 0 Å². The normalized spacial score (nSPS) is 13.7. The molecule has 1 atom stereocenters. The molecule has 0 fully saturated rings. The van der Waals surface area contributed by atoms with Gasteiger partial charge in [0.05, 0.1) is 0 Å². The molecule has 3 nitrogen and oxygen atoms in total. The first-order valence-corrected chi connectivity index (χ1v) is 4.91. The molecule has 0 heterocycles. The smallest absolute Gasteiger partial charge is 0.320 e. The van der Waals surface area contributed by atoms with Crippen LogP contribution in [0.2, 0.25) is 0 Å². The van der Waals surface area contributed by atoms with Crippen molar-refractivity contribution in [3.8, 4) is 0 Å². The van der Waals surface area contributed by atoms with E-state index in [9.17, 15) is 4.79 Å². The van der Waals surface area contributed by atoms with E-state index in [2.05, 4.69) is 19.2 Å². The van der Waals surface area contributed by atoms with E-state index in [4.69, 9.17) is 5.11 Å². The summed E-state index contributed by atoms with van der Waals surface area (Å²) in [4.78, 5) is 10.8. The highest BCUT2D eigenvalue weighted by molar-refractivity contribution is 5.73. The molecule has 0 aliphatic heterocycles. The number of carboxylic acids is 1. The van der Waals surface area contributed by atoms with Gasteiger partial charge in [0.25, 0.3) is 0 Å². The molecule has 13 heavy (non-hydrogen) atoms. The van der Waals surface area contributed by atoms with Crippen molar-refractivity contribution in [2.24, 2.45) is 11.8 Å². The summed E-state index contributed by atoms with van der Waals surface area (Å²) in [5, 5.41) is 11.9. The highest BCUT2D eigenvalue weighted by atomic mass is 16.4. The number of hydrogen-bond acceptors (Lipinski definition) is 2. The van der Waals surface area contributed by atoms with Crippen LogP contribution in [-0.4, -0.2) is 23.7 Å². The zero-order valence-corrected chi connectivity index (χ0v) is 9.00. The lowest BCUT2D eigenvalue weighted by Gasteiger charge is -2.18. The summed E-state index contributed by atoms with van der Waals surface area (Å²) in [7, 11) is 0. The number of hydrogen-bond donors (Lipinski definition) is 2. The summed E-state index contributed by atoms with van der Waals surface area (Å²) in [6, 6.07) is -0.404. The Morgan fingerprint density at radius 3 is 2.15 bits per heavy atom. The van der Waals surface area contributed by atoms with Crippen LogP contribution in [0.1, 0.15) is 34.1 Å². The maximum absolute atomic E-state index is 10.8. The van der Waals surface area contributed by atoms with E-state index >= 15 is 0 Å². The summed E-state index contributed by atoms with van der Waals surface area (Å²) >= 11 is 0. The van der Waals surface area contributed by atoms with Gasteiger partial charge in [-0.05, 0) is 24.8 Å². The average molecular weight is 187 g/mol. The number of nitrogens with one attached hydrogen (secondary N) is 1. The SMILES string of the molecule is CC(C)CCNC(C(=O)O)C(C)C. The number of carbonyl (C=O) groups is 1. The Morgan fingerprint density at radius 2 is 1.85 bits per heavy atom. The van der Waals surface area contributed by atoms with Crippen molar-refractivity contribution in [1.29, 1.82) is 0 Å². The van der Waals surface area contributed by atoms with Gasteiger partial charge in [-0.1, -0.05) is 27.7 Å². The molecule has 3 heteroatoms. The van der Waals surface area contributed by atoms with Crippen LogP contribution in [0.15, 0.2) is 0 Å². The molecular weight excluding hydrogens is 166 g/mol. The van der Waals surface area contributed by atoms with Crippen molar-refractivity contribution >= 4 is 5.97 Å². The summed E-state index contributed by atoms with van der Waals surface area (Å²) < 4.78 is 0. The van der Waals surface area contributed by atoms with Crippen LogP contribution in [0, 0.1) is 11.8 Å². The minimum atomic E-state index is -0.751. The van der Waals surface area contributed by atoms with E-state index < -0.39 is 12.0 Å². The van der Waals surface area contributed by atoms with Crippen LogP contribution >= 0.6 is 0 Å². The third-order valence-electron chi connectivity index (χ3n) is 2.02. The minimum Gasteiger partial charge on any atom is -0.480 e. The Hall–Kier alpha value is -0.570. The zero-order chi connectivity index (χ0) is 10.4. The van der Waals surface area contributed by atoms with Gasteiger partial charge in [-0.3, -0.25) is 4.79 Å². The van der Waals surface area contributed by atoms with Gasteiger partial charge in [-0.15, -0.1) is 0 Å². The number of rotatable bonds is 6. The molecule has 0 amide bonds. The molecule has 2 N–H and O–H groups in total. The molecule has 0 rings (SSSR count). The molecule has 0 aliphatic rings. The highest BCUT2D eigenvalue weighted by Gasteiger charge is 2.19. The minimum absolute atomic E-state index is 0.143. The molecule has 0 aromatic heterocycles. The van der Waals surface area contributed by atoms with Gasteiger partial charge in [-0.25, -0.2) is 0 Å². The molecule has 0 saturated carbocycles. The molecule has 0 aliphatic carbocycles. The Morgan fingerprint density at radius 1 is 1.31 bits per heavy atom. The number of carboxylic acid groups (broad SMARTS) is 1. The highest BCUT2D eigenvalue weighted by Crippen LogP contribution is 2.03. The first kappa shape index (κ1) is 12.4. The topological polar surface area (TPSA) is 49.3 Å². The van der Waals surface area contributed by atoms with Crippen LogP contribution < -0.4 is 5.32 Å². The second-order valence-corrected chi connectivity index (χ2v) is 4.20. The molecule has 0 spiro atoms. The molecule has 0 radical (unpaired) electrons. The number of aliphatic carboxylic acids is 1. The van der Waals surface area contributed by atoms with E-state index in [1.807, 2.05) is 13.8 Å². The Labute approximate surface area is 80.5 Å². The van der Waals surface area contributed by atoms with Crippen molar-refractivity contribution in [2.75, 3.05) is 6.54 Å². The lowest BCUT2D eigenvalue weighted by Crippen LogP contribution is -2.41. The predicted octanol–water partition coefficient (Wildman–Crippen LogP) is 1.73. The summed E-state index contributed by atoms with van der Waals surface area (Å²) in [6.45, 7) is 8.88. The van der Waals surface area contributed by atoms with Crippen LogP contribution in [0.3, 0.4) is 0 Å². The summed E-state index contributed by atoms with van der Waals surface area (Å²) in [6.07, 6.45) is 1.02. The Balaban J connectivity index is 3.77. The van der Waals surface area contributed by atoms with Crippen LogP contribution in [0.5, 0.6) is 0 Å². The van der Waals surface area contributed by atoms with E-state index in [-0.39, 0.29) is 5.92 Å². The average Bonchev–Trinajstić information content (AvgIpc) is 1.95. The van der Waals surface area contributed by atoms with Crippen LogP contribution in [-0.2, 0) is 4.79 Å². The molecular formula is C10H21NO2. The van der Waals surface area contributed by atoms with E-state index in [1.54, 1.807) is 0 Å². The molecule has 0 saturated heterocycles. The van der Waals surface area contributed by atoms with Gasteiger partial charge in [0.1, 0.15) is 6.04 Å². The first-order valence-electron chi connectivity index (χ1n) is 4.91. The van der Waals surface area contributed by atoms with E-state index in [1.165, 1.54) is 0 Å². The van der Waals surface area contributed by atoms with Gasteiger partial charge in [-0.2, -0.15) is 0 Å². The summed E-state index contributed by atoms with van der Waals surface area (Å²) in [5.41, 5.74) is 0. The van der Waals surface area contributed by atoms with E-state index in [0.29, 0.717) is 5.92 Å². The van der Waals surface area contributed by atoms with Crippen molar-refractivity contribution < 1.29 is 9.90 Å². The molecule has 0 bridgehead atoms. The zero-order valence-electron chi connectivity index (χ0n) is 9.00. The first-order chi connectivity index (χ1) is 5.95. The fraction of sp³-hybridized carbons (Fsp3) is 0.900. The molecule has 0 aromatic rings. The van der Waals surface area contributed by atoms with Crippen molar-refractivity contribution in [1.82, 2.24) is 5.32 Å². The Bertz CT molecular complexity index is 155. The van der Waals surface area contributed by atoms with Gasteiger partial charge >= 0.3 is 5.97 Å². The molecule has 0 aromatic carbocycles. The molecule has 78 valence electrons. The van der Waals surface area contributed by atoms with Crippen LogP contribution in [0.25, 0.3) is 0 Å². The third kappa shape index (κ3) is 5.64. The maximum atomic E-state index is 10.8. The van der Waals surface area contributed by atoms with E-state index in [0.717, 1.165) is 13.0 Å². The largest absolute Gasteiger partial charge is 0.480 e. The second-order valence-electron chi connectivity index (χ2n) is 4.20. The summed E-state index contributed by atoms with van der Waals surface area (Å²) in [5.74, 6) is 0.0116. The molecule has 1 unspecified atom stereocenters. The quantitative estimate of drug-likeness (QED) is 0.665. The van der Waals surface area contributed by atoms with Gasteiger partial charge < -0.3 is 10.4 Å². The van der Waals surface area contributed by atoms with Crippen LogP contribution in [0.4, 0.5) is 0 Å². The van der Waals surface area contributed by atoms with Gasteiger partial charge in [0, 0.05) is 0 Å². The van der Waals surface area contributed by atoms with Crippen molar-refractivity contribution in [3.05, 3.63) is 0 Å². The monoisotopic (exact) mass is 187 g/mol. The lowest BCUT2D eigenvalue weighted by atomic mass is 10.0. The van der Waals surface area contributed by atoms with Gasteiger partial charge in [0.2, 0.25) is 0 Å². The fourth-order valence-corrected chi connectivity index (χ4v) is 1.14. The standard InChI is InChI=1S/C10H21NO2/c1-7(2)5-6-11-9(8(3)4)10(12)13/h7-9,11H,5-6H2,1-4H3,(H,12,13). The second kappa shape index (κ2) is 5.97. The predicted molar refractivity (Wildman–Crippen MR) is 53.7 cm³/mol. The maximum Gasteiger partial charge on any atom is 0.320 e.